The Kier molecular flexibility index (Phi) is 3.99. The number of aryl methyl sites for hydroxylation is 1. The summed E-state index contributed by atoms with van der Waals surface area (Å²) in [5.74, 6) is 0. The van der Waals surface area contributed by atoms with Gasteiger partial charge in [0.2, 0.25) is 0 Å². The van der Waals surface area contributed by atoms with Crippen LogP contribution in [0.4, 0.5) is 15.6 Å². The molecule has 1 aromatic carbocycles. The highest BCUT2D eigenvalue weighted by Crippen LogP contribution is 2.30. The fraction of sp³-hybridized carbons (Fsp3) is 0.333. The number of carbonyl (C=O) groups is 1. The number of urea groups is 1. The number of hydrogen-bond acceptors (Lipinski definition) is 3. The molecule has 0 saturated carbocycles. The molecule has 6 heteroatoms. The van der Waals surface area contributed by atoms with Crippen LogP contribution in [0.1, 0.15) is 19.0 Å². The molecule has 2 heterocycles. The van der Waals surface area contributed by atoms with E-state index < -0.39 is 0 Å². The summed E-state index contributed by atoms with van der Waals surface area (Å²) in [7, 11) is 0. The van der Waals surface area contributed by atoms with Gasteiger partial charge in [-0.1, -0.05) is 15.9 Å². The maximum atomic E-state index is 12.8. The van der Waals surface area contributed by atoms with Crippen LogP contribution < -0.4 is 9.80 Å². The van der Waals surface area contributed by atoms with Crippen molar-refractivity contribution in [3.8, 4) is 0 Å². The molecule has 1 aliphatic rings. The van der Waals surface area contributed by atoms with Crippen LogP contribution in [0, 0.1) is 6.92 Å². The van der Waals surface area contributed by atoms with Crippen molar-refractivity contribution in [2.75, 3.05) is 16.3 Å². The first-order valence-electron chi connectivity index (χ1n) is 6.84. The van der Waals surface area contributed by atoms with Gasteiger partial charge in [-0.25, -0.2) is 9.78 Å². The normalized spacial score (nSPS) is 19.2. The van der Waals surface area contributed by atoms with Crippen LogP contribution in [0.3, 0.4) is 0 Å². The van der Waals surface area contributed by atoms with E-state index in [-0.39, 0.29) is 12.1 Å². The van der Waals surface area contributed by atoms with Crippen LogP contribution in [0.5, 0.6) is 0 Å². The molecule has 1 atom stereocenters. The van der Waals surface area contributed by atoms with Crippen LogP contribution in [0.15, 0.2) is 34.1 Å². The van der Waals surface area contributed by atoms with Crippen molar-refractivity contribution in [3.63, 3.8) is 0 Å². The van der Waals surface area contributed by atoms with Crippen molar-refractivity contribution in [1.82, 2.24) is 4.98 Å². The maximum Gasteiger partial charge on any atom is 0.331 e. The lowest BCUT2D eigenvalue weighted by molar-refractivity contribution is 0.245. The maximum absolute atomic E-state index is 12.8. The Bertz CT molecular complexity index is 655. The smallest absolute Gasteiger partial charge is 0.294 e. The predicted octanol–water partition coefficient (Wildman–Crippen LogP) is 4.44. The summed E-state index contributed by atoms with van der Waals surface area (Å²) in [6.45, 7) is 4.77. The fourth-order valence-electron chi connectivity index (χ4n) is 2.44. The first kappa shape index (κ1) is 14.5. The van der Waals surface area contributed by atoms with Crippen molar-refractivity contribution in [2.24, 2.45) is 0 Å². The molecule has 1 fully saturated rings. The van der Waals surface area contributed by atoms with Crippen molar-refractivity contribution in [3.05, 3.63) is 39.8 Å². The number of anilines is 2. The van der Waals surface area contributed by atoms with Crippen molar-refractivity contribution in [1.29, 1.82) is 0 Å². The molecule has 0 N–H and O–H groups in total. The number of thiazole rings is 1. The van der Waals surface area contributed by atoms with E-state index in [0.29, 0.717) is 0 Å². The van der Waals surface area contributed by atoms with Crippen LogP contribution in [-0.2, 0) is 0 Å². The van der Waals surface area contributed by atoms with Crippen LogP contribution in [0.25, 0.3) is 0 Å². The van der Waals surface area contributed by atoms with Gasteiger partial charge in [0.05, 0.1) is 5.69 Å². The Hall–Kier alpha value is -1.40. The Morgan fingerprint density at radius 1 is 1.33 bits per heavy atom. The Balaban J connectivity index is 1.91. The minimum absolute atomic E-state index is 0.00502. The summed E-state index contributed by atoms with van der Waals surface area (Å²) in [6, 6.07) is 8.02. The second kappa shape index (κ2) is 5.77. The van der Waals surface area contributed by atoms with Crippen molar-refractivity contribution in [2.45, 2.75) is 26.3 Å². The summed E-state index contributed by atoms with van der Waals surface area (Å²) in [5, 5.41) is 2.76. The first-order chi connectivity index (χ1) is 10.1. The molecule has 21 heavy (non-hydrogen) atoms. The largest absolute Gasteiger partial charge is 0.331 e. The summed E-state index contributed by atoms with van der Waals surface area (Å²) >= 11 is 4.95. The van der Waals surface area contributed by atoms with E-state index in [1.807, 2.05) is 46.4 Å². The molecular weight excluding hydrogens is 350 g/mol. The van der Waals surface area contributed by atoms with Crippen LogP contribution >= 0.6 is 27.3 Å². The van der Waals surface area contributed by atoms with E-state index in [2.05, 4.69) is 27.8 Å². The topological polar surface area (TPSA) is 36.4 Å². The molecule has 1 saturated heterocycles. The number of rotatable bonds is 2. The molecule has 2 amide bonds. The molecule has 0 spiro atoms. The van der Waals surface area contributed by atoms with Gasteiger partial charge >= 0.3 is 6.03 Å². The number of nitrogens with zero attached hydrogens (tertiary/aromatic N) is 3. The number of halogens is 1. The lowest BCUT2D eigenvalue weighted by Crippen LogP contribution is -2.54. The van der Waals surface area contributed by atoms with E-state index in [1.54, 1.807) is 0 Å². The second-order valence-electron chi connectivity index (χ2n) is 5.19. The molecule has 1 aliphatic heterocycles. The highest BCUT2D eigenvalue weighted by Gasteiger charge is 2.34. The zero-order valence-corrected chi connectivity index (χ0v) is 14.3. The average Bonchev–Trinajstić information content (AvgIpc) is 2.87. The molecule has 2 aromatic rings. The SMILES string of the molecule is Cc1csc(N2C(=O)N(c3ccc(Br)cc3)CCC2C)n1. The molecule has 1 aromatic heterocycles. The Morgan fingerprint density at radius 2 is 2.05 bits per heavy atom. The van der Waals surface area contributed by atoms with Gasteiger partial charge in [-0.15, -0.1) is 11.3 Å². The quantitative estimate of drug-likeness (QED) is 0.788. The first-order valence-corrected chi connectivity index (χ1v) is 8.52. The van der Waals surface area contributed by atoms with E-state index in [9.17, 15) is 4.79 Å². The number of hydrogen-bond donors (Lipinski definition) is 0. The number of carbonyl (C=O) groups excluding carboxylic acids is 1. The van der Waals surface area contributed by atoms with E-state index in [0.717, 1.165) is 34.0 Å². The Morgan fingerprint density at radius 3 is 2.67 bits per heavy atom. The van der Waals surface area contributed by atoms with E-state index >= 15 is 0 Å². The zero-order chi connectivity index (χ0) is 15.0. The van der Waals surface area contributed by atoms with Crippen LogP contribution in [0.2, 0.25) is 0 Å². The second-order valence-corrected chi connectivity index (χ2v) is 6.94. The molecule has 0 radical (unpaired) electrons. The zero-order valence-electron chi connectivity index (χ0n) is 11.9. The molecule has 3 rings (SSSR count). The summed E-state index contributed by atoms with van der Waals surface area (Å²) < 4.78 is 1.01. The summed E-state index contributed by atoms with van der Waals surface area (Å²) in [4.78, 5) is 20.9. The van der Waals surface area contributed by atoms with Gasteiger partial charge in [0.15, 0.2) is 5.13 Å². The van der Waals surface area contributed by atoms with Gasteiger partial charge < -0.3 is 0 Å². The molecule has 110 valence electrons. The van der Waals surface area contributed by atoms with E-state index in [1.165, 1.54) is 11.3 Å². The van der Waals surface area contributed by atoms with Gasteiger partial charge in [-0.2, -0.15) is 0 Å². The third-order valence-corrected chi connectivity index (χ3v) is 5.09. The van der Waals surface area contributed by atoms with E-state index in [4.69, 9.17) is 0 Å². The third-order valence-electron chi connectivity index (χ3n) is 3.60. The number of aromatic nitrogens is 1. The van der Waals surface area contributed by atoms with Crippen LogP contribution in [-0.4, -0.2) is 23.6 Å². The fourth-order valence-corrected chi connectivity index (χ4v) is 3.60. The monoisotopic (exact) mass is 365 g/mol. The van der Waals surface area contributed by atoms with Gasteiger partial charge in [-0.3, -0.25) is 9.80 Å². The average molecular weight is 366 g/mol. The standard InChI is InChI=1S/C15H16BrN3OS/c1-10-9-21-14(17-10)19-11(2)7-8-18(15(19)20)13-5-3-12(16)4-6-13/h3-6,9,11H,7-8H2,1-2H3. The molecule has 0 bridgehead atoms. The highest BCUT2D eigenvalue weighted by molar-refractivity contribution is 9.10. The Labute approximate surface area is 136 Å². The van der Waals surface area contributed by atoms with Gasteiger partial charge in [-0.05, 0) is 44.5 Å². The lowest BCUT2D eigenvalue weighted by Gasteiger charge is -2.38. The molecule has 0 aliphatic carbocycles. The van der Waals surface area contributed by atoms with Crippen molar-refractivity contribution < 1.29 is 4.79 Å². The minimum Gasteiger partial charge on any atom is -0.294 e. The molecule has 4 nitrogen and oxygen atoms in total. The molecule has 1 unspecified atom stereocenters. The lowest BCUT2D eigenvalue weighted by atomic mass is 10.1. The van der Waals surface area contributed by atoms with Crippen molar-refractivity contribution >= 4 is 44.1 Å². The summed E-state index contributed by atoms with van der Waals surface area (Å²) in [6.07, 6.45) is 0.931. The predicted molar refractivity (Wildman–Crippen MR) is 90.3 cm³/mol. The number of amides is 2. The van der Waals surface area contributed by atoms with Gasteiger partial charge in [0.1, 0.15) is 0 Å². The minimum atomic E-state index is 0.00502. The van der Waals surface area contributed by atoms with Gasteiger partial charge in [0, 0.05) is 28.1 Å². The third kappa shape index (κ3) is 2.82. The molecular formula is C15H16BrN3OS. The number of benzene rings is 1. The van der Waals surface area contributed by atoms with Gasteiger partial charge in [0.25, 0.3) is 0 Å². The summed E-state index contributed by atoms with van der Waals surface area (Å²) in [5.41, 5.74) is 1.88. The highest BCUT2D eigenvalue weighted by atomic mass is 79.9.